The average Bonchev–Trinajstić information content (AvgIpc) is 3.05. The molecule has 0 spiro atoms. The van der Waals surface area contributed by atoms with Crippen molar-refractivity contribution in [1.29, 1.82) is 0 Å². The summed E-state index contributed by atoms with van der Waals surface area (Å²) >= 11 is -0.0534. The van der Waals surface area contributed by atoms with Gasteiger partial charge in [0.1, 0.15) is 11.5 Å². The molecule has 1 heterocycles. The van der Waals surface area contributed by atoms with E-state index in [0.29, 0.717) is 29.0 Å². The van der Waals surface area contributed by atoms with E-state index in [-0.39, 0.29) is 17.5 Å². The average molecular weight is 375 g/mol. The Balaban J connectivity index is 1.84. The van der Waals surface area contributed by atoms with Gasteiger partial charge in [-0.25, -0.2) is 0 Å². The molecule has 1 saturated carbocycles. The number of hydrogen-bond acceptors (Lipinski definition) is 4. The Morgan fingerprint density at radius 2 is 1.76 bits per heavy atom. The molecule has 1 aliphatic carbocycles. The summed E-state index contributed by atoms with van der Waals surface area (Å²) in [5.41, 5.74) is -2.68. The summed E-state index contributed by atoms with van der Waals surface area (Å²) in [5.74, 6) is 1.38. The van der Waals surface area contributed by atoms with E-state index >= 15 is 0 Å². The largest absolute Gasteiger partial charge is 0.496 e. The van der Waals surface area contributed by atoms with E-state index in [1.807, 2.05) is 6.07 Å². The summed E-state index contributed by atoms with van der Waals surface area (Å²) in [5, 5.41) is 0. The Kier molecular flexibility index (Phi) is 5.73. The fraction of sp³-hybridized carbons (Fsp3) is 0.667. The Morgan fingerprint density at radius 1 is 1.08 bits per heavy atom. The van der Waals surface area contributed by atoms with Crippen LogP contribution in [0.25, 0.3) is 0 Å². The lowest BCUT2D eigenvalue weighted by Crippen LogP contribution is -2.44. The van der Waals surface area contributed by atoms with Gasteiger partial charge >= 0.3 is 5.51 Å². The maximum Gasteiger partial charge on any atom is 0.442 e. The van der Waals surface area contributed by atoms with Crippen LogP contribution >= 0.6 is 11.8 Å². The van der Waals surface area contributed by atoms with Gasteiger partial charge in [-0.05, 0) is 62.7 Å². The molecule has 2 fully saturated rings. The van der Waals surface area contributed by atoms with Gasteiger partial charge in [-0.3, -0.25) is 4.90 Å². The second-order valence-electron chi connectivity index (χ2n) is 6.63. The van der Waals surface area contributed by atoms with E-state index in [1.165, 1.54) is 26.4 Å². The maximum absolute atomic E-state index is 12.5. The summed E-state index contributed by atoms with van der Waals surface area (Å²) in [6, 6.07) is 4.11. The number of ether oxygens (including phenoxy) is 2. The summed E-state index contributed by atoms with van der Waals surface area (Å²) in [6.45, 7) is 2.28. The van der Waals surface area contributed by atoms with Gasteiger partial charge in [0.05, 0.1) is 14.2 Å². The standard InChI is InChI=1S/C18H24F3NO2S/c1-23-16-10-14(13-5-6-15(13)22-7-3-4-8-22)17(24-2)9-12(16)11-25-18(19,20)21/h9-10,13,15H,3-8,11H2,1-2H3. The van der Waals surface area contributed by atoms with Gasteiger partial charge in [0.2, 0.25) is 0 Å². The van der Waals surface area contributed by atoms with Crippen LogP contribution in [0.15, 0.2) is 12.1 Å². The highest BCUT2D eigenvalue weighted by Crippen LogP contribution is 2.47. The first-order chi connectivity index (χ1) is 11.9. The quantitative estimate of drug-likeness (QED) is 0.712. The first-order valence-corrected chi connectivity index (χ1v) is 9.61. The van der Waals surface area contributed by atoms with E-state index in [9.17, 15) is 13.2 Å². The molecule has 2 atom stereocenters. The van der Waals surface area contributed by atoms with Crippen LogP contribution in [0.5, 0.6) is 11.5 Å². The fourth-order valence-electron chi connectivity index (χ4n) is 3.90. The zero-order valence-electron chi connectivity index (χ0n) is 14.6. The van der Waals surface area contributed by atoms with Crippen LogP contribution < -0.4 is 9.47 Å². The lowest BCUT2D eigenvalue weighted by atomic mass is 9.73. The molecule has 1 saturated heterocycles. The lowest BCUT2D eigenvalue weighted by Gasteiger charge is -2.43. The van der Waals surface area contributed by atoms with Crippen molar-refractivity contribution in [1.82, 2.24) is 4.90 Å². The van der Waals surface area contributed by atoms with Crippen molar-refractivity contribution < 1.29 is 22.6 Å². The predicted octanol–water partition coefficient (Wildman–Crippen LogP) is 4.80. The van der Waals surface area contributed by atoms with Gasteiger partial charge < -0.3 is 9.47 Å². The first kappa shape index (κ1) is 18.7. The predicted molar refractivity (Wildman–Crippen MR) is 93.5 cm³/mol. The molecule has 25 heavy (non-hydrogen) atoms. The summed E-state index contributed by atoms with van der Waals surface area (Å²) in [7, 11) is 3.08. The Morgan fingerprint density at radius 3 is 2.28 bits per heavy atom. The smallest absolute Gasteiger partial charge is 0.442 e. The minimum absolute atomic E-state index is 0.0534. The van der Waals surface area contributed by atoms with Crippen LogP contribution in [0, 0.1) is 0 Å². The second kappa shape index (κ2) is 7.66. The van der Waals surface area contributed by atoms with Gasteiger partial charge in [-0.15, -0.1) is 0 Å². The molecule has 1 aromatic rings. The molecule has 3 rings (SSSR count). The summed E-state index contributed by atoms with van der Waals surface area (Å²) in [6.07, 6.45) is 4.74. The topological polar surface area (TPSA) is 21.7 Å². The van der Waals surface area contributed by atoms with Gasteiger partial charge in [0.25, 0.3) is 0 Å². The third-order valence-electron chi connectivity index (χ3n) is 5.27. The highest BCUT2D eigenvalue weighted by molar-refractivity contribution is 7.99. The molecule has 0 radical (unpaired) electrons. The number of likely N-dealkylation sites (tertiary alicyclic amines) is 1. The molecule has 3 nitrogen and oxygen atoms in total. The van der Waals surface area contributed by atoms with Gasteiger partial charge in [-0.1, -0.05) is 0 Å². The van der Waals surface area contributed by atoms with Crippen LogP contribution in [0.3, 0.4) is 0 Å². The Bertz CT molecular complexity index is 603. The van der Waals surface area contributed by atoms with Crippen molar-refractivity contribution in [3.05, 3.63) is 23.3 Å². The summed E-state index contributed by atoms with van der Waals surface area (Å²) < 4.78 is 48.5. The zero-order valence-corrected chi connectivity index (χ0v) is 15.4. The molecule has 0 bridgehead atoms. The fourth-order valence-corrected chi connectivity index (χ4v) is 4.45. The van der Waals surface area contributed by atoms with Crippen LogP contribution in [0.2, 0.25) is 0 Å². The number of methoxy groups -OCH3 is 2. The van der Waals surface area contributed by atoms with Crippen LogP contribution in [0.4, 0.5) is 13.2 Å². The number of alkyl halides is 3. The molecule has 0 amide bonds. The van der Waals surface area contributed by atoms with Gasteiger partial charge in [0, 0.05) is 28.8 Å². The second-order valence-corrected chi connectivity index (χ2v) is 7.67. The van der Waals surface area contributed by atoms with E-state index < -0.39 is 5.51 Å². The number of benzene rings is 1. The molecule has 2 aliphatic rings. The van der Waals surface area contributed by atoms with Crippen molar-refractivity contribution in [2.75, 3.05) is 27.3 Å². The third-order valence-corrected chi connectivity index (χ3v) is 6.05. The molecule has 0 aromatic heterocycles. The number of halogens is 3. The molecule has 0 N–H and O–H groups in total. The molecule has 140 valence electrons. The van der Waals surface area contributed by atoms with Gasteiger partial charge in [-0.2, -0.15) is 13.2 Å². The molecular weight excluding hydrogens is 351 g/mol. The number of hydrogen-bond donors (Lipinski definition) is 0. The highest BCUT2D eigenvalue weighted by atomic mass is 32.2. The number of thioether (sulfide) groups is 1. The molecular formula is C18H24F3NO2S. The minimum atomic E-state index is -4.26. The zero-order chi connectivity index (χ0) is 18.0. The van der Waals surface area contributed by atoms with E-state index in [4.69, 9.17) is 9.47 Å². The first-order valence-electron chi connectivity index (χ1n) is 8.62. The number of nitrogens with zero attached hydrogens (tertiary/aromatic N) is 1. The van der Waals surface area contributed by atoms with Crippen LogP contribution in [-0.4, -0.2) is 43.8 Å². The van der Waals surface area contributed by atoms with E-state index in [2.05, 4.69) is 4.90 Å². The van der Waals surface area contributed by atoms with Gasteiger partial charge in [0.15, 0.2) is 0 Å². The van der Waals surface area contributed by atoms with Crippen molar-refractivity contribution in [3.8, 4) is 11.5 Å². The molecule has 1 aromatic carbocycles. The highest BCUT2D eigenvalue weighted by Gasteiger charge is 2.39. The van der Waals surface area contributed by atoms with Crippen molar-refractivity contribution in [2.45, 2.75) is 48.9 Å². The molecule has 2 unspecified atom stereocenters. The lowest BCUT2D eigenvalue weighted by molar-refractivity contribution is -0.0329. The number of rotatable bonds is 6. The molecule has 7 heteroatoms. The third kappa shape index (κ3) is 4.19. The monoisotopic (exact) mass is 375 g/mol. The minimum Gasteiger partial charge on any atom is -0.496 e. The van der Waals surface area contributed by atoms with E-state index in [0.717, 1.165) is 25.1 Å². The summed E-state index contributed by atoms with van der Waals surface area (Å²) in [4.78, 5) is 2.54. The van der Waals surface area contributed by atoms with E-state index in [1.54, 1.807) is 13.2 Å². The van der Waals surface area contributed by atoms with Crippen molar-refractivity contribution >= 4 is 11.8 Å². The van der Waals surface area contributed by atoms with Crippen LogP contribution in [-0.2, 0) is 5.75 Å². The Hall–Kier alpha value is -1.08. The maximum atomic E-state index is 12.5. The van der Waals surface area contributed by atoms with Crippen LogP contribution in [0.1, 0.15) is 42.7 Å². The normalized spacial score (nSPS) is 24.2. The van der Waals surface area contributed by atoms with Crippen molar-refractivity contribution in [3.63, 3.8) is 0 Å². The molecule has 1 aliphatic heterocycles. The SMILES string of the molecule is COc1cc(C2CCC2N2CCCC2)c(OC)cc1CSC(F)(F)F. The van der Waals surface area contributed by atoms with Crippen molar-refractivity contribution in [2.24, 2.45) is 0 Å². The Labute approximate surface area is 150 Å².